The molecule has 1 N–H and O–H groups in total. The van der Waals surface area contributed by atoms with Crippen molar-refractivity contribution in [3.05, 3.63) is 0 Å². The van der Waals surface area contributed by atoms with Gasteiger partial charge in [-0.3, -0.25) is 4.99 Å². The molecule has 1 aliphatic carbocycles. The van der Waals surface area contributed by atoms with Gasteiger partial charge in [-0.25, -0.2) is 0 Å². The van der Waals surface area contributed by atoms with Crippen molar-refractivity contribution in [2.24, 2.45) is 16.3 Å². The standard InChI is InChI=1S/C18H34N4.HI/c1-19-17(20-14-16-6-11-21(2)12-7-16)22-13-10-18(15-22)8-4-3-5-9-18;/h16H,3-15H2,1-2H3,(H,19,20);1H. The van der Waals surface area contributed by atoms with Crippen LogP contribution in [0.2, 0.25) is 0 Å². The van der Waals surface area contributed by atoms with Crippen LogP contribution in [0.3, 0.4) is 0 Å². The Hall–Kier alpha value is -0.0400. The molecular weight excluding hydrogens is 399 g/mol. The molecule has 134 valence electrons. The maximum absolute atomic E-state index is 4.57. The number of hydrogen-bond donors (Lipinski definition) is 1. The summed E-state index contributed by atoms with van der Waals surface area (Å²) in [4.78, 5) is 9.54. The lowest BCUT2D eigenvalue weighted by Crippen LogP contribution is -2.44. The first-order valence-electron chi connectivity index (χ1n) is 9.35. The number of nitrogens with zero attached hydrogens (tertiary/aromatic N) is 3. The fraction of sp³-hybridized carbons (Fsp3) is 0.944. The van der Waals surface area contributed by atoms with E-state index in [4.69, 9.17) is 0 Å². The minimum absolute atomic E-state index is 0. The van der Waals surface area contributed by atoms with E-state index in [-0.39, 0.29) is 24.0 Å². The van der Waals surface area contributed by atoms with Crippen molar-refractivity contribution in [3.8, 4) is 0 Å². The predicted octanol–water partition coefficient (Wildman–Crippen LogP) is 3.18. The van der Waals surface area contributed by atoms with E-state index in [1.807, 2.05) is 7.05 Å². The van der Waals surface area contributed by atoms with Crippen molar-refractivity contribution < 1.29 is 0 Å². The Morgan fingerprint density at radius 3 is 2.43 bits per heavy atom. The number of halogens is 1. The minimum atomic E-state index is 0. The van der Waals surface area contributed by atoms with Gasteiger partial charge < -0.3 is 15.1 Å². The number of rotatable bonds is 2. The second-order valence-electron chi connectivity index (χ2n) is 7.91. The fourth-order valence-corrected chi connectivity index (χ4v) is 4.66. The van der Waals surface area contributed by atoms with E-state index in [1.165, 1.54) is 77.5 Å². The Balaban J connectivity index is 0.00000192. The van der Waals surface area contributed by atoms with Gasteiger partial charge in [-0.1, -0.05) is 19.3 Å². The van der Waals surface area contributed by atoms with Crippen LogP contribution >= 0.6 is 24.0 Å². The first-order chi connectivity index (χ1) is 10.7. The summed E-state index contributed by atoms with van der Waals surface area (Å²) in [7, 11) is 4.18. The average Bonchev–Trinajstić information content (AvgIpc) is 2.94. The van der Waals surface area contributed by atoms with Gasteiger partial charge in [0.1, 0.15) is 0 Å². The number of likely N-dealkylation sites (tertiary alicyclic amines) is 2. The van der Waals surface area contributed by atoms with Crippen LogP contribution in [0.4, 0.5) is 0 Å². The maximum Gasteiger partial charge on any atom is 0.193 e. The molecule has 3 aliphatic rings. The first kappa shape index (κ1) is 19.3. The van der Waals surface area contributed by atoms with Gasteiger partial charge in [0.15, 0.2) is 5.96 Å². The van der Waals surface area contributed by atoms with Crippen LogP contribution in [0.15, 0.2) is 4.99 Å². The molecule has 0 bridgehead atoms. The molecule has 1 saturated carbocycles. The van der Waals surface area contributed by atoms with Crippen LogP contribution in [0.5, 0.6) is 0 Å². The van der Waals surface area contributed by atoms with E-state index in [0.717, 1.165) is 18.4 Å². The lowest BCUT2D eigenvalue weighted by Gasteiger charge is -2.34. The van der Waals surface area contributed by atoms with Crippen molar-refractivity contribution >= 4 is 29.9 Å². The van der Waals surface area contributed by atoms with E-state index < -0.39 is 0 Å². The minimum Gasteiger partial charge on any atom is -0.356 e. The molecule has 2 saturated heterocycles. The Bertz CT molecular complexity index is 384. The second kappa shape index (κ2) is 8.88. The third-order valence-electron chi connectivity index (χ3n) is 6.25. The molecule has 4 nitrogen and oxygen atoms in total. The van der Waals surface area contributed by atoms with Crippen molar-refractivity contribution in [3.63, 3.8) is 0 Å². The van der Waals surface area contributed by atoms with Gasteiger partial charge in [0.2, 0.25) is 0 Å². The van der Waals surface area contributed by atoms with Gasteiger partial charge >= 0.3 is 0 Å². The number of nitrogens with one attached hydrogen (secondary N) is 1. The van der Waals surface area contributed by atoms with Crippen LogP contribution in [-0.2, 0) is 0 Å². The molecule has 0 unspecified atom stereocenters. The van der Waals surface area contributed by atoms with Crippen molar-refractivity contribution in [1.29, 1.82) is 0 Å². The monoisotopic (exact) mass is 434 g/mol. The van der Waals surface area contributed by atoms with Crippen LogP contribution in [0.1, 0.15) is 51.4 Å². The highest BCUT2D eigenvalue weighted by Gasteiger charge is 2.39. The summed E-state index contributed by atoms with van der Waals surface area (Å²) in [5, 5.41) is 3.68. The Labute approximate surface area is 159 Å². The molecule has 2 heterocycles. The van der Waals surface area contributed by atoms with Crippen molar-refractivity contribution in [2.75, 3.05) is 46.8 Å². The predicted molar refractivity (Wildman–Crippen MR) is 109 cm³/mol. The van der Waals surface area contributed by atoms with Gasteiger partial charge in [0, 0.05) is 26.7 Å². The molecule has 3 rings (SSSR count). The van der Waals surface area contributed by atoms with Gasteiger partial charge in [-0.15, -0.1) is 24.0 Å². The summed E-state index contributed by atoms with van der Waals surface area (Å²) >= 11 is 0. The van der Waals surface area contributed by atoms with Crippen LogP contribution in [0, 0.1) is 11.3 Å². The average molecular weight is 434 g/mol. The van der Waals surface area contributed by atoms with Crippen LogP contribution < -0.4 is 5.32 Å². The van der Waals surface area contributed by atoms with Gasteiger partial charge in [0.25, 0.3) is 0 Å². The topological polar surface area (TPSA) is 30.9 Å². The third-order valence-corrected chi connectivity index (χ3v) is 6.25. The van der Waals surface area contributed by atoms with Crippen molar-refractivity contribution in [2.45, 2.75) is 51.4 Å². The zero-order valence-corrected chi connectivity index (χ0v) is 17.3. The molecule has 0 aromatic carbocycles. The molecule has 0 aromatic heterocycles. The lowest BCUT2D eigenvalue weighted by atomic mass is 9.73. The van der Waals surface area contributed by atoms with E-state index in [9.17, 15) is 0 Å². The SMILES string of the molecule is CN=C(NCC1CCN(C)CC1)N1CCC2(CCCCC2)C1.I. The summed E-state index contributed by atoms with van der Waals surface area (Å²) < 4.78 is 0. The largest absolute Gasteiger partial charge is 0.356 e. The highest BCUT2D eigenvalue weighted by molar-refractivity contribution is 14.0. The summed E-state index contributed by atoms with van der Waals surface area (Å²) in [5.74, 6) is 1.97. The van der Waals surface area contributed by atoms with E-state index in [1.54, 1.807) is 0 Å². The zero-order valence-electron chi connectivity index (χ0n) is 15.0. The van der Waals surface area contributed by atoms with E-state index in [2.05, 4.69) is 27.2 Å². The third kappa shape index (κ3) is 4.97. The van der Waals surface area contributed by atoms with E-state index >= 15 is 0 Å². The Morgan fingerprint density at radius 1 is 1.09 bits per heavy atom. The molecular formula is C18H35IN4. The van der Waals surface area contributed by atoms with E-state index in [0.29, 0.717) is 5.41 Å². The highest BCUT2D eigenvalue weighted by Crippen LogP contribution is 2.43. The maximum atomic E-state index is 4.57. The molecule has 3 fully saturated rings. The molecule has 0 amide bonds. The lowest BCUT2D eigenvalue weighted by molar-refractivity contribution is 0.202. The fourth-order valence-electron chi connectivity index (χ4n) is 4.66. The quantitative estimate of drug-likeness (QED) is 0.412. The zero-order chi connectivity index (χ0) is 15.4. The van der Waals surface area contributed by atoms with Gasteiger partial charge in [-0.2, -0.15) is 0 Å². The van der Waals surface area contributed by atoms with Crippen LogP contribution in [-0.4, -0.2) is 62.6 Å². The number of piperidine rings is 1. The molecule has 1 spiro atoms. The number of guanidine groups is 1. The first-order valence-corrected chi connectivity index (χ1v) is 9.35. The molecule has 0 aromatic rings. The second-order valence-corrected chi connectivity index (χ2v) is 7.91. The number of aliphatic imine (C=N–C) groups is 1. The molecule has 0 atom stereocenters. The van der Waals surface area contributed by atoms with Crippen LogP contribution in [0.25, 0.3) is 0 Å². The Kier molecular flexibility index (Phi) is 7.45. The molecule has 5 heteroatoms. The number of hydrogen-bond acceptors (Lipinski definition) is 2. The highest BCUT2D eigenvalue weighted by atomic mass is 127. The normalized spacial score (nSPS) is 26.3. The summed E-state index contributed by atoms with van der Waals surface area (Å²) in [5.41, 5.74) is 0.615. The molecule has 0 radical (unpaired) electrons. The van der Waals surface area contributed by atoms with Gasteiger partial charge in [-0.05, 0) is 63.6 Å². The summed E-state index contributed by atoms with van der Waals surface area (Å²) in [6.07, 6.45) is 11.2. The Morgan fingerprint density at radius 2 is 1.78 bits per heavy atom. The molecule has 2 aliphatic heterocycles. The summed E-state index contributed by atoms with van der Waals surface area (Å²) in [6, 6.07) is 0. The smallest absolute Gasteiger partial charge is 0.193 e. The van der Waals surface area contributed by atoms with Crippen molar-refractivity contribution in [1.82, 2.24) is 15.1 Å². The summed E-state index contributed by atoms with van der Waals surface area (Å²) in [6.45, 7) is 6.03. The van der Waals surface area contributed by atoms with Gasteiger partial charge in [0.05, 0.1) is 0 Å². The molecule has 23 heavy (non-hydrogen) atoms.